The van der Waals surface area contributed by atoms with Gasteiger partial charge in [0, 0.05) is 6.04 Å². The fourth-order valence-electron chi connectivity index (χ4n) is 3.81. The molecule has 1 heteroatoms. The van der Waals surface area contributed by atoms with Crippen molar-refractivity contribution in [3.05, 3.63) is 35.4 Å². The van der Waals surface area contributed by atoms with Crippen LogP contribution in [0.25, 0.3) is 0 Å². The highest BCUT2D eigenvalue weighted by Crippen LogP contribution is 2.44. The first-order chi connectivity index (χ1) is 9.03. The first-order valence-corrected chi connectivity index (χ1v) is 7.82. The summed E-state index contributed by atoms with van der Waals surface area (Å²) in [7, 11) is 0. The third-order valence-electron chi connectivity index (χ3n) is 4.83. The monoisotopic (exact) mass is 259 g/mol. The van der Waals surface area contributed by atoms with Crippen LogP contribution >= 0.6 is 0 Å². The number of nitrogens with one attached hydrogen (secondary N) is 1. The van der Waals surface area contributed by atoms with Gasteiger partial charge in [0.25, 0.3) is 0 Å². The van der Waals surface area contributed by atoms with Crippen molar-refractivity contribution >= 4 is 0 Å². The fraction of sp³-hybridized carbons (Fsp3) is 0.667. The Labute approximate surface area is 118 Å². The molecular weight excluding hydrogens is 230 g/mol. The molecule has 1 fully saturated rings. The first-order valence-electron chi connectivity index (χ1n) is 7.82. The van der Waals surface area contributed by atoms with Crippen molar-refractivity contribution in [2.75, 3.05) is 6.54 Å². The number of benzene rings is 1. The largest absolute Gasteiger partial charge is 0.314 e. The Balaban J connectivity index is 2.12. The van der Waals surface area contributed by atoms with E-state index in [1.807, 2.05) is 0 Å². The molecule has 1 saturated carbocycles. The van der Waals surface area contributed by atoms with E-state index >= 15 is 0 Å². The van der Waals surface area contributed by atoms with Gasteiger partial charge in [-0.2, -0.15) is 0 Å². The van der Waals surface area contributed by atoms with Gasteiger partial charge in [-0.05, 0) is 49.6 Å². The van der Waals surface area contributed by atoms with Crippen LogP contribution in [0.4, 0.5) is 0 Å². The van der Waals surface area contributed by atoms with Crippen LogP contribution in [0.3, 0.4) is 0 Å². The van der Waals surface area contributed by atoms with E-state index < -0.39 is 0 Å². The van der Waals surface area contributed by atoms with E-state index in [-0.39, 0.29) is 0 Å². The molecular formula is C18H29N. The highest BCUT2D eigenvalue weighted by molar-refractivity contribution is 5.23. The lowest BCUT2D eigenvalue weighted by molar-refractivity contribution is 0.197. The van der Waals surface area contributed by atoms with E-state index in [2.05, 4.69) is 57.3 Å². The number of likely N-dealkylation sites (N-methyl/N-ethyl adjacent to an activating group) is 1. The Bertz CT molecular complexity index is 408. The minimum Gasteiger partial charge on any atom is -0.314 e. The van der Waals surface area contributed by atoms with Crippen molar-refractivity contribution in [3.63, 3.8) is 0 Å². The van der Waals surface area contributed by atoms with Crippen LogP contribution in [0.15, 0.2) is 24.3 Å². The average molecular weight is 259 g/mol. The van der Waals surface area contributed by atoms with Crippen LogP contribution in [-0.4, -0.2) is 12.6 Å². The van der Waals surface area contributed by atoms with Crippen molar-refractivity contribution in [1.29, 1.82) is 0 Å². The molecule has 0 aromatic heterocycles. The van der Waals surface area contributed by atoms with Gasteiger partial charge in [-0.15, -0.1) is 0 Å². The number of hydrogen-bond donors (Lipinski definition) is 1. The molecule has 1 N–H and O–H groups in total. The fourth-order valence-corrected chi connectivity index (χ4v) is 3.81. The standard InChI is InChI=1S/C18H29N/c1-5-19-17(16-10-7-11-18(16,3)4)13-15-9-6-8-14(2)12-15/h6,8-9,12,16-17,19H,5,7,10-11,13H2,1-4H3. The van der Waals surface area contributed by atoms with Crippen LogP contribution in [0, 0.1) is 18.3 Å². The Kier molecular flexibility index (Phi) is 4.67. The third-order valence-corrected chi connectivity index (χ3v) is 4.83. The van der Waals surface area contributed by atoms with E-state index in [1.54, 1.807) is 0 Å². The zero-order valence-corrected chi connectivity index (χ0v) is 13.0. The molecule has 0 aliphatic heterocycles. The second-order valence-corrected chi connectivity index (χ2v) is 6.84. The molecule has 0 spiro atoms. The smallest absolute Gasteiger partial charge is 0.0141 e. The average Bonchev–Trinajstić information content (AvgIpc) is 2.68. The van der Waals surface area contributed by atoms with Crippen LogP contribution in [0.1, 0.15) is 51.2 Å². The molecule has 2 rings (SSSR count). The van der Waals surface area contributed by atoms with Crippen molar-refractivity contribution in [1.82, 2.24) is 5.32 Å². The topological polar surface area (TPSA) is 12.0 Å². The molecule has 2 atom stereocenters. The minimum atomic E-state index is 0.497. The SMILES string of the molecule is CCNC(Cc1cccc(C)c1)C1CCCC1(C)C. The van der Waals surface area contributed by atoms with E-state index in [9.17, 15) is 0 Å². The number of rotatable bonds is 5. The highest BCUT2D eigenvalue weighted by atomic mass is 14.9. The second-order valence-electron chi connectivity index (χ2n) is 6.84. The second kappa shape index (κ2) is 6.09. The third kappa shape index (κ3) is 3.60. The van der Waals surface area contributed by atoms with Crippen molar-refractivity contribution in [2.24, 2.45) is 11.3 Å². The summed E-state index contributed by atoms with van der Waals surface area (Å²) in [5, 5.41) is 3.75. The maximum absolute atomic E-state index is 3.75. The summed E-state index contributed by atoms with van der Waals surface area (Å²) in [6.07, 6.45) is 5.33. The lowest BCUT2D eigenvalue weighted by atomic mass is 9.76. The van der Waals surface area contributed by atoms with Gasteiger partial charge in [-0.25, -0.2) is 0 Å². The zero-order chi connectivity index (χ0) is 13.9. The lowest BCUT2D eigenvalue weighted by Gasteiger charge is -2.35. The Morgan fingerprint density at radius 1 is 1.37 bits per heavy atom. The molecule has 106 valence electrons. The molecule has 19 heavy (non-hydrogen) atoms. The van der Waals surface area contributed by atoms with E-state index in [0.717, 1.165) is 12.5 Å². The van der Waals surface area contributed by atoms with Gasteiger partial charge in [0.05, 0.1) is 0 Å². The molecule has 1 nitrogen and oxygen atoms in total. The summed E-state index contributed by atoms with van der Waals surface area (Å²) in [6, 6.07) is 9.62. The normalized spacial score (nSPS) is 23.5. The van der Waals surface area contributed by atoms with Gasteiger partial charge in [-0.1, -0.05) is 57.0 Å². The molecule has 1 aromatic rings. The maximum Gasteiger partial charge on any atom is 0.0141 e. The van der Waals surface area contributed by atoms with Gasteiger partial charge in [0.2, 0.25) is 0 Å². The van der Waals surface area contributed by atoms with E-state index in [0.29, 0.717) is 11.5 Å². The van der Waals surface area contributed by atoms with Gasteiger partial charge in [-0.3, -0.25) is 0 Å². The molecule has 1 aliphatic carbocycles. The Morgan fingerprint density at radius 3 is 2.74 bits per heavy atom. The molecule has 1 aliphatic rings. The predicted octanol–water partition coefficient (Wildman–Crippen LogP) is 4.34. The van der Waals surface area contributed by atoms with Gasteiger partial charge in [0.1, 0.15) is 0 Å². The van der Waals surface area contributed by atoms with Crippen LogP contribution < -0.4 is 5.32 Å². The summed E-state index contributed by atoms with van der Waals surface area (Å²) in [5.74, 6) is 0.813. The van der Waals surface area contributed by atoms with Gasteiger partial charge in [0.15, 0.2) is 0 Å². The minimum absolute atomic E-state index is 0.497. The van der Waals surface area contributed by atoms with Crippen molar-refractivity contribution in [3.8, 4) is 0 Å². The first kappa shape index (κ1) is 14.6. The molecule has 1 aromatic carbocycles. The number of aryl methyl sites for hydroxylation is 1. The lowest BCUT2D eigenvalue weighted by Crippen LogP contribution is -2.42. The van der Waals surface area contributed by atoms with Gasteiger partial charge < -0.3 is 5.32 Å². The van der Waals surface area contributed by atoms with Gasteiger partial charge >= 0.3 is 0 Å². The molecule has 0 bridgehead atoms. The molecule has 0 saturated heterocycles. The van der Waals surface area contributed by atoms with Crippen LogP contribution in [-0.2, 0) is 6.42 Å². The molecule has 0 radical (unpaired) electrons. The van der Waals surface area contributed by atoms with Crippen LogP contribution in [0.5, 0.6) is 0 Å². The summed E-state index contributed by atoms with van der Waals surface area (Å²) < 4.78 is 0. The highest BCUT2D eigenvalue weighted by Gasteiger charge is 2.39. The van der Waals surface area contributed by atoms with Crippen molar-refractivity contribution in [2.45, 2.75) is 59.4 Å². The molecule has 0 heterocycles. The summed E-state index contributed by atoms with van der Waals surface area (Å²) in [6.45, 7) is 10.4. The van der Waals surface area contributed by atoms with E-state index in [4.69, 9.17) is 0 Å². The van der Waals surface area contributed by atoms with Crippen LogP contribution in [0.2, 0.25) is 0 Å². The quantitative estimate of drug-likeness (QED) is 0.829. The summed E-state index contributed by atoms with van der Waals surface area (Å²) >= 11 is 0. The zero-order valence-electron chi connectivity index (χ0n) is 13.0. The Morgan fingerprint density at radius 2 is 2.16 bits per heavy atom. The van der Waals surface area contributed by atoms with Crippen molar-refractivity contribution < 1.29 is 0 Å². The maximum atomic E-state index is 3.75. The number of hydrogen-bond acceptors (Lipinski definition) is 1. The molecule has 0 amide bonds. The Hall–Kier alpha value is -0.820. The van der Waals surface area contributed by atoms with E-state index in [1.165, 1.54) is 36.8 Å². The molecule has 2 unspecified atom stereocenters. The summed E-state index contributed by atoms with van der Waals surface area (Å²) in [5.41, 5.74) is 3.35. The summed E-state index contributed by atoms with van der Waals surface area (Å²) in [4.78, 5) is 0. The predicted molar refractivity (Wildman–Crippen MR) is 83.5 cm³/mol.